The van der Waals surface area contributed by atoms with Crippen molar-refractivity contribution in [2.24, 2.45) is 7.05 Å². The number of thiocarbonyl (C=S) groups is 1. The number of rotatable bonds is 10. The predicted octanol–water partition coefficient (Wildman–Crippen LogP) is 5.53. The van der Waals surface area contributed by atoms with E-state index >= 15 is 0 Å². The Labute approximate surface area is 298 Å². The summed E-state index contributed by atoms with van der Waals surface area (Å²) in [6.07, 6.45) is 4.19. The number of anilines is 1. The zero-order valence-corrected chi connectivity index (χ0v) is 29.4. The number of hydrogen-bond donors (Lipinski definition) is 2. The highest BCUT2D eigenvalue weighted by Gasteiger charge is 2.32. The van der Waals surface area contributed by atoms with E-state index in [-0.39, 0.29) is 11.5 Å². The number of pyridine rings is 1. The highest BCUT2D eigenvalue weighted by molar-refractivity contribution is 8.26. The van der Waals surface area contributed by atoms with E-state index in [1.54, 1.807) is 35.4 Å². The summed E-state index contributed by atoms with van der Waals surface area (Å²) >= 11 is 6.90. The van der Waals surface area contributed by atoms with Crippen molar-refractivity contribution in [3.8, 4) is 16.9 Å². The number of fused-ring (bicyclic) bond motifs is 3. The fourth-order valence-corrected chi connectivity index (χ4v) is 7.83. The quantitative estimate of drug-likeness (QED) is 0.140. The summed E-state index contributed by atoms with van der Waals surface area (Å²) < 4.78 is 14.4. The van der Waals surface area contributed by atoms with E-state index in [9.17, 15) is 14.7 Å². The lowest BCUT2D eigenvalue weighted by Gasteiger charge is -2.26. The molecule has 2 aromatic heterocycles. The largest absolute Gasteiger partial charge is 0.492 e. The van der Waals surface area contributed by atoms with Gasteiger partial charge in [-0.15, -0.1) is 0 Å². The number of carboxylic acids is 1. The number of morpholine rings is 1. The fraction of sp³-hybridized carbons (Fsp3) is 0.270. The second kappa shape index (κ2) is 14.2. The highest BCUT2D eigenvalue weighted by atomic mass is 32.2. The Morgan fingerprint density at radius 1 is 1.12 bits per heavy atom. The number of ether oxygens (including phenoxy) is 2. The lowest BCUT2D eigenvalue weighted by Crippen LogP contribution is -2.38. The van der Waals surface area contributed by atoms with Crippen LogP contribution in [0.5, 0.6) is 5.75 Å². The lowest BCUT2D eigenvalue weighted by molar-refractivity contribution is -0.122. The topological polar surface area (TPSA) is 136 Å². The van der Waals surface area contributed by atoms with Crippen LogP contribution < -0.4 is 10.5 Å². The van der Waals surface area contributed by atoms with Crippen LogP contribution in [0.15, 0.2) is 65.7 Å². The van der Waals surface area contributed by atoms with Crippen LogP contribution in [-0.4, -0.2) is 91.6 Å². The minimum Gasteiger partial charge on any atom is -0.492 e. The van der Waals surface area contributed by atoms with Gasteiger partial charge in [-0.2, -0.15) is 0 Å². The molecular weight excluding hydrogens is 673 g/mol. The van der Waals surface area contributed by atoms with E-state index in [1.165, 1.54) is 11.8 Å². The molecule has 4 heterocycles. The number of amides is 1. The van der Waals surface area contributed by atoms with Crippen LogP contribution in [0.1, 0.15) is 27.0 Å². The second-order valence-electron chi connectivity index (χ2n) is 12.3. The summed E-state index contributed by atoms with van der Waals surface area (Å²) in [5, 5.41) is 10.1. The van der Waals surface area contributed by atoms with Crippen LogP contribution >= 0.6 is 24.0 Å². The first kappa shape index (κ1) is 33.7. The Hall–Kier alpha value is -4.82. The molecule has 2 aliphatic rings. The van der Waals surface area contributed by atoms with Crippen LogP contribution in [0.25, 0.3) is 39.1 Å². The first-order chi connectivity index (χ1) is 24.2. The molecule has 0 aliphatic carbocycles. The Kier molecular flexibility index (Phi) is 9.56. The summed E-state index contributed by atoms with van der Waals surface area (Å²) in [5.41, 5.74) is 13.5. The molecule has 2 aliphatic heterocycles. The SMILES string of the molecule is Cc1c(-c2cc(C=C3SC(=S)N(CCc4ccc(C(=O)O)cc4)C3=O)ccc2OCCN2CCOCC2)c2ncccc2c2nc(N)n(C)c12. The van der Waals surface area contributed by atoms with Crippen molar-refractivity contribution in [2.75, 3.05) is 51.7 Å². The van der Waals surface area contributed by atoms with Crippen LogP contribution in [-0.2, 0) is 23.0 Å². The maximum absolute atomic E-state index is 13.6. The number of nitrogens with zero attached hydrogens (tertiary/aromatic N) is 5. The number of aromatic carboxylic acids is 1. The van der Waals surface area contributed by atoms with Crippen LogP contribution in [0.2, 0.25) is 0 Å². The number of imidazole rings is 1. The number of carboxylic acid groups (broad SMARTS) is 1. The first-order valence-corrected chi connectivity index (χ1v) is 17.6. The molecule has 0 bridgehead atoms. The summed E-state index contributed by atoms with van der Waals surface area (Å²) in [6, 6.07) is 16.5. The van der Waals surface area contributed by atoms with E-state index in [0.29, 0.717) is 40.5 Å². The lowest BCUT2D eigenvalue weighted by atomic mass is 9.93. The molecule has 5 aromatic rings. The second-order valence-corrected chi connectivity index (χ2v) is 13.9. The number of benzene rings is 3. The first-order valence-electron chi connectivity index (χ1n) is 16.3. The number of thioether (sulfide) groups is 1. The summed E-state index contributed by atoms with van der Waals surface area (Å²) in [7, 11) is 1.91. The maximum atomic E-state index is 13.6. The molecule has 3 N–H and O–H groups in total. The third-order valence-electron chi connectivity index (χ3n) is 9.20. The average Bonchev–Trinajstić information content (AvgIpc) is 3.57. The van der Waals surface area contributed by atoms with E-state index < -0.39 is 5.97 Å². The minimum atomic E-state index is -0.976. The van der Waals surface area contributed by atoms with Gasteiger partial charge in [-0.05, 0) is 72.5 Å². The van der Waals surface area contributed by atoms with Gasteiger partial charge in [0.2, 0.25) is 5.95 Å². The van der Waals surface area contributed by atoms with Gasteiger partial charge in [-0.1, -0.05) is 42.2 Å². The molecule has 11 nitrogen and oxygen atoms in total. The van der Waals surface area contributed by atoms with E-state index in [2.05, 4.69) is 16.8 Å². The zero-order chi connectivity index (χ0) is 34.9. The standard InChI is InChI=1S/C37H36N6O5S2/c1-22-30(31-26(4-3-12-39-31)32-33(22)41(2)36(38)40-32)27-20-24(7-10-28(27)48-19-16-42-14-17-47-18-15-42)21-29-34(44)43(37(49)50-29)13-11-23-5-8-25(9-6-23)35(45)46/h3-10,12,20-21H,11,13-19H2,1-2H3,(H2,38,40)(H,45,46). The van der Waals surface area contributed by atoms with Crippen molar-refractivity contribution < 1.29 is 24.2 Å². The predicted molar refractivity (Wildman–Crippen MR) is 200 cm³/mol. The van der Waals surface area contributed by atoms with Crippen molar-refractivity contribution in [1.82, 2.24) is 24.3 Å². The number of aryl methyl sites for hydroxylation is 2. The fourth-order valence-electron chi connectivity index (χ4n) is 6.52. The van der Waals surface area contributed by atoms with Crippen LogP contribution in [0, 0.1) is 6.92 Å². The van der Waals surface area contributed by atoms with Crippen molar-refractivity contribution in [3.63, 3.8) is 0 Å². The molecule has 0 saturated carbocycles. The van der Waals surface area contributed by atoms with E-state index in [0.717, 1.165) is 82.6 Å². The monoisotopic (exact) mass is 708 g/mol. The number of nitrogen functional groups attached to an aromatic ring is 1. The number of hydrogen-bond acceptors (Lipinski definition) is 10. The van der Waals surface area contributed by atoms with Crippen molar-refractivity contribution >= 4 is 74.1 Å². The highest BCUT2D eigenvalue weighted by Crippen LogP contribution is 2.43. The number of nitrogens with two attached hydrogens (primary N) is 1. The molecule has 2 fully saturated rings. The molecular formula is C37H36N6O5S2. The Morgan fingerprint density at radius 3 is 2.66 bits per heavy atom. The van der Waals surface area contributed by atoms with Gasteiger partial charge in [-0.3, -0.25) is 19.6 Å². The molecule has 0 radical (unpaired) electrons. The summed E-state index contributed by atoms with van der Waals surface area (Å²) in [5.74, 6) is -0.0114. The normalized spacial score (nSPS) is 16.3. The molecule has 3 aromatic carbocycles. The van der Waals surface area contributed by atoms with Crippen LogP contribution in [0.3, 0.4) is 0 Å². The average molecular weight is 709 g/mol. The molecule has 0 unspecified atom stereocenters. The van der Waals surface area contributed by atoms with E-state index in [1.807, 2.05) is 48.0 Å². The van der Waals surface area contributed by atoms with Gasteiger partial charge in [0, 0.05) is 55.9 Å². The molecule has 0 atom stereocenters. The van der Waals surface area contributed by atoms with Crippen LogP contribution in [0.4, 0.5) is 5.95 Å². The molecule has 13 heteroatoms. The smallest absolute Gasteiger partial charge is 0.335 e. The van der Waals surface area contributed by atoms with Crippen molar-refractivity contribution in [3.05, 3.63) is 88.0 Å². The van der Waals surface area contributed by atoms with Gasteiger partial charge < -0.3 is 24.9 Å². The molecule has 256 valence electrons. The van der Waals surface area contributed by atoms with Gasteiger partial charge in [0.25, 0.3) is 5.91 Å². The van der Waals surface area contributed by atoms with Crippen molar-refractivity contribution in [1.29, 1.82) is 0 Å². The molecule has 1 amide bonds. The van der Waals surface area contributed by atoms with E-state index in [4.69, 9.17) is 32.4 Å². The summed E-state index contributed by atoms with van der Waals surface area (Å²) in [4.78, 5) is 38.8. The van der Waals surface area contributed by atoms with Gasteiger partial charge in [-0.25, -0.2) is 9.78 Å². The maximum Gasteiger partial charge on any atom is 0.335 e. The number of carbonyl (C=O) groups excluding carboxylic acids is 1. The van der Waals surface area contributed by atoms with Gasteiger partial charge >= 0.3 is 5.97 Å². The Bertz CT molecular complexity index is 2180. The molecule has 50 heavy (non-hydrogen) atoms. The van der Waals surface area contributed by atoms with Crippen molar-refractivity contribution in [2.45, 2.75) is 13.3 Å². The van der Waals surface area contributed by atoms with Gasteiger partial charge in [0.1, 0.15) is 22.2 Å². The van der Waals surface area contributed by atoms with Gasteiger partial charge in [0.15, 0.2) is 0 Å². The molecule has 0 spiro atoms. The Morgan fingerprint density at radius 2 is 1.90 bits per heavy atom. The molecule has 2 saturated heterocycles. The number of carbonyl (C=O) groups is 2. The van der Waals surface area contributed by atoms with Gasteiger partial charge in [0.05, 0.1) is 34.7 Å². The third kappa shape index (κ3) is 6.56. The number of aromatic nitrogens is 3. The Balaban J connectivity index is 1.23. The zero-order valence-electron chi connectivity index (χ0n) is 27.7. The summed E-state index contributed by atoms with van der Waals surface area (Å²) in [6.45, 7) is 6.89. The third-order valence-corrected chi connectivity index (χ3v) is 10.6. The molecule has 7 rings (SSSR count). The minimum absolute atomic E-state index is 0.162.